The van der Waals surface area contributed by atoms with E-state index in [1.807, 2.05) is 180 Å². The van der Waals surface area contributed by atoms with Crippen molar-refractivity contribution in [3.8, 4) is 0 Å². The second kappa shape index (κ2) is 18.5. The largest absolute Gasteiger partial charge is 0.478 e. The maximum atomic E-state index is 7.98. The summed E-state index contributed by atoms with van der Waals surface area (Å²) in [5.41, 5.74) is 6.49. The summed E-state index contributed by atoms with van der Waals surface area (Å²) in [5.74, 6) is 0. The second-order valence-electron chi connectivity index (χ2n) is 21.2. The summed E-state index contributed by atoms with van der Waals surface area (Å²) in [7, 11) is -22.1. The van der Waals surface area contributed by atoms with Crippen molar-refractivity contribution < 1.29 is 43.0 Å². The Bertz CT molecular complexity index is 2040. The fraction of sp³-hybridized carbons (Fsp3) is 0.333. The number of hydrogen-bond donors (Lipinski definition) is 0. The van der Waals surface area contributed by atoms with Crippen molar-refractivity contribution in [2.45, 2.75) is 103 Å². The molecule has 18 heteroatoms. The number of fused-ring (bicyclic) bond motifs is 4. The van der Waals surface area contributed by atoms with Crippen molar-refractivity contribution in [2.75, 3.05) is 0 Å². The van der Waals surface area contributed by atoms with E-state index in [9.17, 15) is 0 Å². The lowest BCUT2D eigenvalue weighted by Gasteiger charge is -2.58. The zero-order chi connectivity index (χ0) is 48.1. The molecule has 4 heterocycles. The van der Waals surface area contributed by atoms with Crippen LogP contribution in [0.15, 0.2) is 123 Å². The van der Waals surface area contributed by atoms with Crippen molar-refractivity contribution in [2.24, 2.45) is 0 Å². The van der Waals surface area contributed by atoms with E-state index in [0.717, 1.165) is 22.3 Å². The molecule has 4 aliphatic heterocycles. The van der Waals surface area contributed by atoms with E-state index in [-0.39, 0.29) is 0 Å². The first-order chi connectivity index (χ1) is 30.8. The summed E-state index contributed by atoms with van der Waals surface area (Å²) < 4.78 is 77.4. The minimum Gasteiger partial charge on any atom is -0.408 e. The normalized spacial score (nSPS) is 25.6. The number of rotatable bonds is 8. The van der Waals surface area contributed by atoms with Crippen LogP contribution in [-0.2, 0) is 43.0 Å². The molecule has 4 aliphatic rings. The van der Waals surface area contributed by atoms with Crippen LogP contribution in [0.3, 0.4) is 0 Å². The molecule has 10 nitrogen and oxygen atoms in total. The molecule has 0 N–H and O–H groups in total. The fourth-order valence-electron chi connectivity index (χ4n) is 7.61. The molecular formula is C48H64B4O10Si4. The molecule has 0 atom stereocenters. The molecule has 66 heavy (non-hydrogen) atoms. The lowest BCUT2D eigenvalue weighted by molar-refractivity contribution is 0.0611. The molecule has 4 aromatic rings. The monoisotopic (exact) mass is 956 g/mol. The first-order valence-corrected chi connectivity index (χ1v) is 29.5. The molecule has 0 unspecified atom stereocenters. The lowest BCUT2D eigenvalue weighted by Crippen LogP contribution is -2.81. The molecule has 0 spiro atoms. The Morgan fingerprint density at radius 1 is 0.303 bits per heavy atom. The van der Waals surface area contributed by atoms with E-state index in [1.54, 1.807) is 24.3 Å². The quantitative estimate of drug-likeness (QED) is 0.159. The van der Waals surface area contributed by atoms with E-state index >= 15 is 0 Å². The predicted octanol–water partition coefficient (Wildman–Crippen LogP) is 9.30. The molecule has 4 aromatic carbocycles. The van der Waals surface area contributed by atoms with Crippen LogP contribution in [0.5, 0.6) is 0 Å². The van der Waals surface area contributed by atoms with E-state index in [1.165, 1.54) is 0 Å². The molecule has 0 saturated carbocycles. The highest BCUT2D eigenvalue weighted by atomic mass is 28.5. The topological polar surface area (TPSA) is 92.3 Å². The van der Waals surface area contributed by atoms with E-state index in [4.69, 9.17) is 43.0 Å². The molecule has 0 radical (unpaired) electrons. The van der Waals surface area contributed by atoms with Crippen LogP contribution in [0.25, 0.3) is 24.3 Å². The summed E-state index contributed by atoms with van der Waals surface area (Å²) in [6.45, 7) is 40.5. The molecule has 0 aliphatic carbocycles. The highest BCUT2D eigenvalue weighted by Gasteiger charge is 2.76. The van der Waals surface area contributed by atoms with Gasteiger partial charge in [0.2, 0.25) is 0 Å². The predicted molar refractivity (Wildman–Crippen MR) is 280 cm³/mol. The third-order valence-corrected chi connectivity index (χ3v) is 27.9. The van der Waals surface area contributed by atoms with Crippen LogP contribution < -0.4 is 21.9 Å². The minimum atomic E-state index is -4.40. The molecule has 344 valence electrons. The van der Waals surface area contributed by atoms with Gasteiger partial charge in [-0.1, -0.05) is 231 Å². The second-order valence-corrected chi connectivity index (χ2v) is 35.2. The van der Waals surface area contributed by atoms with Gasteiger partial charge in [-0.15, -0.1) is 0 Å². The number of hydrogen-bond acceptors (Lipinski definition) is 10. The summed E-state index contributed by atoms with van der Waals surface area (Å²) >= 11 is 0. The van der Waals surface area contributed by atoms with Crippen LogP contribution in [0.4, 0.5) is 0 Å². The lowest BCUT2D eigenvalue weighted by atomic mass is 9.80. The maximum Gasteiger partial charge on any atom is 0.478 e. The van der Waals surface area contributed by atoms with Crippen LogP contribution in [0.1, 0.15) is 105 Å². The highest BCUT2D eigenvalue weighted by Crippen LogP contribution is 2.54. The fourth-order valence-corrected chi connectivity index (χ4v) is 24.0. The van der Waals surface area contributed by atoms with E-state index < -0.39 is 83.8 Å². The standard InChI is InChI=1S/C48H64B4O10Si4/c1-17-37-21-29-41(30-22-37)49-53-63(45(5,6)7)55-50(42-31-23-38(18-2)24-32-42)56-64(54-49,46(8,9)10)62-66(48(14,15)16)58-51(43-33-25-39(19-3)26-34-43)57-65(61-63,47(11,12)13)59-52(60-66)44-35-27-40(20-4)28-36-44/h17-36H,1-4H2,5-16H3. The van der Waals surface area contributed by atoms with Gasteiger partial charge in [-0.25, -0.2) is 0 Å². The van der Waals surface area contributed by atoms with Gasteiger partial charge in [-0.05, 0) is 44.1 Å². The maximum absolute atomic E-state index is 7.98. The zero-order valence-corrected chi connectivity index (χ0v) is 44.8. The van der Waals surface area contributed by atoms with E-state index in [2.05, 4.69) is 26.3 Å². The van der Waals surface area contributed by atoms with Crippen molar-refractivity contribution in [3.05, 3.63) is 146 Å². The van der Waals surface area contributed by atoms with Gasteiger partial charge < -0.3 is 43.0 Å². The van der Waals surface area contributed by atoms with Gasteiger partial charge in [-0.2, -0.15) is 0 Å². The average molecular weight is 957 g/mol. The van der Waals surface area contributed by atoms with Crippen molar-refractivity contribution in [1.29, 1.82) is 0 Å². The molecule has 0 aromatic heterocycles. The molecule has 4 bridgehead atoms. The van der Waals surface area contributed by atoms with Crippen LogP contribution in [0, 0.1) is 0 Å². The van der Waals surface area contributed by atoms with E-state index in [0.29, 0.717) is 21.9 Å². The summed E-state index contributed by atoms with van der Waals surface area (Å²) in [5, 5.41) is -3.55. The average Bonchev–Trinajstić information content (AvgIpc) is 3.24. The number of benzene rings is 4. The van der Waals surface area contributed by atoms with Crippen molar-refractivity contribution >= 4 is 110 Å². The van der Waals surface area contributed by atoms with Gasteiger partial charge in [0.15, 0.2) is 0 Å². The third kappa shape index (κ3) is 9.74. The van der Waals surface area contributed by atoms with Crippen molar-refractivity contribution in [3.63, 3.8) is 0 Å². The Balaban J connectivity index is 1.64. The van der Waals surface area contributed by atoms with Crippen LogP contribution in [-0.4, -0.2) is 63.7 Å². The molecule has 8 rings (SSSR count). The van der Waals surface area contributed by atoms with Gasteiger partial charge >= 0.3 is 63.7 Å². The summed E-state index contributed by atoms with van der Waals surface area (Å²) in [4.78, 5) is 0. The Labute approximate surface area is 399 Å². The van der Waals surface area contributed by atoms with Crippen LogP contribution >= 0.6 is 0 Å². The molecular weight excluding hydrogens is 892 g/mol. The Morgan fingerprint density at radius 2 is 0.455 bits per heavy atom. The molecule has 0 amide bonds. The SMILES string of the molecule is C=Cc1ccc(B2O[Si]3(C(C)(C)C)OB(c4ccc(C=C)cc4)O[Si](C(C)(C)C)(O2)O[Si]2(C(C)(C)C)OB(c4ccc(C=C)cc4)O[Si](C(C)(C)C)(OB(c4ccc(C=C)cc4)O2)O3)cc1. The summed E-state index contributed by atoms with van der Waals surface area (Å²) in [6.07, 6.45) is 7.18. The Kier molecular flexibility index (Phi) is 14.1. The van der Waals surface area contributed by atoms with Gasteiger partial charge in [-0.3, -0.25) is 0 Å². The first kappa shape index (κ1) is 50.4. The Hall–Kier alpha value is -3.43. The minimum absolute atomic E-state index is 0.695. The third-order valence-electron chi connectivity index (χ3n) is 12.1. The zero-order valence-electron chi connectivity index (χ0n) is 40.8. The highest BCUT2D eigenvalue weighted by molar-refractivity contribution is 6.98. The van der Waals surface area contributed by atoms with Crippen LogP contribution in [0.2, 0.25) is 20.2 Å². The molecule has 4 saturated heterocycles. The smallest absolute Gasteiger partial charge is 0.408 e. The molecule has 4 fully saturated rings. The van der Waals surface area contributed by atoms with Gasteiger partial charge in [0, 0.05) is 20.2 Å². The first-order valence-electron chi connectivity index (χ1n) is 22.6. The van der Waals surface area contributed by atoms with Gasteiger partial charge in [0.05, 0.1) is 0 Å². The van der Waals surface area contributed by atoms with Gasteiger partial charge in [0.25, 0.3) is 0 Å². The van der Waals surface area contributed by atoms with Gasteiger partial charge in [0.1, 0.15) is 0 Å². The Morgan fingerprint density at radius 3 is 0.576 bits per heavy atom. The summed E-state index contributed by atoms with van der Waals surface area (Å²) in [6, 6.07) is 31.5. The van der Waals surface area contributed by atoms with Crippen molar-refractivity contribution in [1.82, 2.24) is 0 Å².